The van der Waals surface area contributed by atoms with Crippen LogP contribution in [0.3, 0.4) is 0 Å². The van der Waals surface area contributed by atoms with Crippen LogP contribution < -0.4 is 4.72 Å². The molecule has 1 N–H and O–H groups in total. The molecule has 0 aliphatic carbocycles. The smallest absolute Gasteiger partial charge is 0.228 e. The van der Waals surface area contributed by atoms with Crippen molar-refractivity contribution in [2.45, 2.75) is 6.92 Å². The van der Waals surface area contributed by atoms with Gasteiger partial charge in [-0.2, -0.15) is 0 Å². The predicted octanol–water partition coefficient (Wildman–Crippen LogP) is 0.316. The summed E-state index contributed by atoms with van der Waals surface area (Å²) in [4.78, 5) is 2.98. The van der Waals surface area contributed by atoms with Gasteiger partial charge in [-0.1, -0.05) is 0 Å². The van der Waals surface area contributed by atoms with Gasteiger partial charge in [-0.25, -0.2) is 13.3 Å². The second-order valence-electron chi connectivity index (χ2n) is 1.79. The summed E-state index contributed by atoms with van der Waals surface area (Å²) in [5.74, 6) is 0. The molecule has 0 atom stereocenters. The zero-order chi connectivity index (χ0) is 8.20. The lowest BCUT2D eigenvalue weighted by Gasteiger charge is -1.93. The molecule has 0 rings (SSSR count). The molecule has 0 aromatic carbocycles. The Morgan fingerprint density at radius 2 is 2.20 bits per heavy atom. The maximum Gasteiger partial charge on any atom is 0.228 e. The van der Waals surface area contributed by atoms with E-state index in [4.69, 9.17) is 6.57 Å². The third-order valence-corrected chi connectivity index (χ3v) is 1.20. The van der Waals surface area contributed by atoms with Crippen molar-refractivity contribution in [3.05, 3.63) is 23.3 Å². The van der Waals surface area contributed by atoms with Crippen molar-refractivity contribution in [2.24, 2.45) is 0 Å². The second-order valence-corrected chi connectivity index (χ2v) is 3.57. The van der Waals surface area contributed by atoms with E-state index in [0.29, 0.717) is 5.70 Å². The van der Waals surface area contributed by atoms with Gasteiger partial charge >= 0.3 is 0 Å². The lowest BCUT2D eigenvalue weighted by atomic mass is 10.6. The first-order valence-corrected chi connectivity index (χ1v) is 4.36. The maximum atomic E-state index is 10.4. The number of nitrogens with one attached hydrogen (secondary N) is 1. The largest absolute Gasteiger partial charge is 0.301 e. The molecule has 0 fully saturated rings. The van der Waals surface area contributed by atoms with Crippen molar-refractivity contribution in [1.29, 1.82) is 0 Å². The first kappa shape index (κ1) is 8.98. The van der Waals surface area contributed by atoms with Gasteiger partial charge in [0.15, 0.2) is 5.70 Å². The van der Waals surface area contributed by atoms with Crippen molar-refractivity contribution in [1.82, 2.24) is 4.72 Å². The van der Waals surface area contributed by atoms with Gasteiger partial charge in [0, 0.05) is 6.20 Å². The molecule has 4 nitrogen and oxygen atoms in total. The Kier molecular flexibility index (Phi) is 2.90. The minimum Gasteiger partial charge on any atom is -0.301 e. The summed E-state index contributed by atoms with van der Waals surface area (Å²) >= 11 is 0. The van der Waals surface area contributed by atoms with Gasteiger partial charge in [-0.15, -0.1) is 0 Å². The van der Waals surface area contributed by atoms with Gasteiger partial charge in [0.2, 0.25) is 10.0 Å². The van der Waals surface area contributed by atoms with Gasteiger partial charge in [-0.3, -0.25) is 0 Å². The summed E-state index contributed by atoms with van der Waals surface area (Å²) in [5.41, 5.74) is 0.311. The zero-order valence-electron chi connectivity index (χ0n) is 5.75. The van der Waals surface area contributed by atoms with Crippen molar-refractivity contribution in [2.75, 3.05) is 6.26 Å². The highest BCUT2D eigenvalue weighted by Gasteiger charge is 1.94. The molecule has 0 bridgehead atoms. The molecule has 0 aromatic heterocycles. The molecule has 0 saturated carbocycles. The Bertz CT molecular complexity index is 271. The highest BCUT2D eigenvalue weighted by molar-refractivity contribution is 7.88. The van der Waals surface area contributed by atoms with E-state index >= 15 is 0 Å². The van der Waals surface area contributed by atoms with Crippen LogP contribution >= 0.6 is 0 Å². The van der Waals surface area contributed by atoms with Gasteiger partial charge in [0.1, 0.15) is 0 Å². The summed E-state index contributed by atoms with van der Waals surface area (Å²) in [6.07, 6.45) is 2.18. The maximum absolute atomic E-state index is 10.4. The molecule has 0 saturated heterocycles. The number of hydrogen-bond acceptors (Lipinski definition) is 2. The quantitative estimate of drug-likeness (QED) is 0.591. The number of rotatable bonds is 2. The Morgan fingerprint density at radius 3 is 2.50 bits per heavy atom. The number of hydrogen-bond donors (Lipinski definition) is 1. The van der Waals surface area contributed by atoms with E-state index < -0.39 is 10.0 Å². The van der Waals surface area contributed by atoms with E-state index in [-0.39, 0.29) is 0 Å². The van der Waals surface area contributed by atoms with Crippen LogP contribution in [0.15, 0.2) is 11.9 Å². The second kappa shape index (κ2) is 3.22. The van der Waals surface area contributed by atoms with Crippen LogP contribution in [0.4, 0.5) is 0 Å². The molecular weight excluding hydrogens is 152 g/mol. The van der Waals surface area contributed by atoms with Crippen molar-refractivity contribution >= 4 is 10.0 Å². The zero-order valence-corrected chi connectivity index (χ0v) is 6.57. The number of nitrogens with zero attached hydrogens (tertiary/aromatic N) is 1. The summed E-state index contributed by atoms with van der Waals surface area (Å²) in [5, 5.41) is 0. The van der Waals surface area contributed by atoms with E-state index in [0.717, 1.165) is 12.5 Å². The predicted molar refractivity (Wildman–Crippen MR) is 38.3 cm³/mol. The van der Waals surface area contributed by atoms with E-state index in [2.05, 4.69) is 9.57 Å². The molecule has 10 heavy (non-hydrogen) atoms. The van der Waals surface area contributed by atoms with Gasteiger partial charge in [-0.05, 0) is 6.92 Å². The van der Waals surface area contributed by atoms with E-state index in [1.165, 1.54) is 6.92 Å². The number of sulfonamides is 1. The molecule has 5 heteroatoms. The van der Waals surface area contributed by atoms with Crippen LogP contribution in [-0.4, -0.2) is 14.7 Å². The van der Waals surface area contributed by atoms with E-state index in [1.807, 2.05) is 0 Å². The van der Waals surface area contributed by atoms with Crippen molar-refractivity contribution < 1.29 is 8.42 Å². The highest BCUT2D eigenvalue weighted by Crippen LogP contribution is 1.89. The van der Waals surface area contributed by atoms with E-state index in [9.17, 15) is 8.42 Å². The fourth-order valence-corrected chi connectivity index (χ4v) is 0.609. The molecular formula is C5H8N2O2S. The fraction of sp³-hybridized carbons (Fsp3) is 0.400. The minimum atomic E-state index is -3.20. The lowest BCUT2D eigenvalue weighted by Crippen LogP contribution is -2.15. The Labute approximate surface area is 60.4 Å². The molecule has 0 aromatic rings. The molecule has 0 spiro atoms. The molecule has 0 heterocycles. The summed E-state index contributed by atoms with van der Waals surface area (Å²) in [7, 11) is -3.20. The lowest BCUT2D eigenvalue weighted by molar-refractivity contribution is 0.596. The van der Waals surface area contributed by atoms with Crippen LogP contribution in [0.1, 0.15) is 6.92 Å². The average Bonchev–Trinajstić information content (AvgIpc) is 1.81. The van der Waals surface area contributed by atoms with Crippen LogP contribution in [0.2, 0.25) is 0 Å². The van der Waals surface area contributed by atoms with Gasteiger partial charge < -0.3 is 4.72 Å². The highest BCUT2D eigenvalue weighted by atomic mass is 32.2. The molecule has 0 aliphatic rings. The monoisotopic (exact) mass is 160 g/mol. The topological polar surface area (TPSA) is 50.5 Å². The Morgan fingerprint density at radius 1 is 1.70 bits per heavy atom. The average molecular weight is 160 g/mol. The minimum absolute atomic E-state index is 0.311. The van der Waals surface area contributed by atoms with Crippen LogP contribution in [0, 0.1) is 6.57 Å². The third-order valence-electron chi connectivity index (χ3n) is 0.658. The fourth-order valence-electron chi connectivity index (χ4n) is 0.225. The van der Waals surface area contributed by atoms with Crippen LogP contribution in [0.5, 0.6) is 0 Å². The normalized spacial score (nSPS) is 12.3. The molecule has 56 valence electrons. The summed E-state index contributed by atoms with van der Waals surface area (Å²) < 4.78 is 22.9. The summed E-state index contributed by atoms with van der Waals surface area (Å²) in [6.45, 7) is 7.96. The van der Waals surface area contributed by atoms with Crippen molar-refractivity contribution in [3.8, 4) is 0 Å². The summed E-state index contributed by atoms with van der Waals surface area (Å²) in [6, 6.07) is 0. The molecule has 0 unspecified atom stereocenters. The van der Waals surface area contributed by atoms with Gasteiger partial charge in [0.25, 0.3) is 0 Å². The van der Waals surface area contributed by atoms with Crippen LogP contribution in [0.25, 0.3) is 4.85 Å². The first-order valence-electron chi connectivity index (χ1n) is 2.47. The first-order chi connectivity index (χ1) is 4.45. The standard InChI is InChI=1S/C5H8N2O2S/c1-5(6-2)4-7-10(3,8)9/h4,7H,1,3H3/b5-4+. The van der Waals surface area contributed by atoms with Crippen LogP contribution in [-0.2, 0) is 10.0 Å². The van der Waals surface area contributed by atoms with E-state index in [1.54, 1.807) is 0 Å². The number of allylic oxidation sites excluding steroid dienone is 1. The molecule has 0 radical (unpaired) electrons. The molecule has 0 amide bonds. The van der Waals surface area contributed by atoms with Crippen molar-refractivity contribution in [3.63, 3.8) is 0 Å². The van der Waals surface area contributed by atoms with Gasteiger partial charge in [0.05, 0.1) is 12.8 Å². The SMILES string of the molecule is [C-]#[N+]/C(C)=C/NS(C)(=O)=O. The Balaban J connectivity index is 4.15. The third kappa shape index (κ3) is 5.12. The Hall–Kier alpha value is -1.02. The molecule has 0 aliphatic heterocycles.